The van der Waals surface area contributed by atoms with Crippen LogP contribution >= 0.6 is 0 Å². The number of nitrogens with one attached hydrogen (secondary N) is 1. The molecule has 1 heterocycles. The minimum Gasteiger partial charge on any atom is -0.300 e. The van der Waals surface area contributed by atoms with Crippen molar-refractivity contribution in [2.24, 2.45) is 0 Å². The second-order valence-corrected chi connectivity index (χ2v) is 2.79. The lowest BCUT2D eigenvalue weighted by Gasteiger charge is -2.12. The first-order valence-electron chi connectivity index (χ1n) is 3.84. The van der Waals surface area contributed by atoms with Crippen LogP contribution in [0.1, 0.15) is 12.8 Å². The predicted molar refractivity (Wildman–Crippen MR) is 38.5 cm³/mol. The Balaban J connectivity index is 2.06. The van der Waals surface area contributed by atoms with E-state index in [9.17, 15) is 4.39 Å². The van der Waals surface area contributed by atoms with Crippen LogP contribution in [0, 0.1) is 0 Å². The van der Waals surface area contributed by atoms with Crippen molar-refractivity contribution in [2.45, 2.75) is 19.0 Å². The SMILES string of the molecule is [NH]CCCN1CC[C@H](F)C1. The van der Waals surface area contributed by atoms with Gasteiger partial charge in [-0.05, 0) is 19.4 Å². The number of nitrogens with zero attached hydrogens (tertiary/aromatic N) is 1. The van der Waals surface area contributed by atoms with Gasteiger partial charge in [-0.1, -0.05) is 0 Å². The molecule has 0 bridgehead atoms. The summed E-state index contributed by atoms with van der Waals surface area (Å²) in [5.74, 6) is 0. The Morgan fingerprint density at radius 1 is 1.60 bits per heavy atom. The number of hydrogen-bond donors (Lipinski definition) is 0. The average molecular weight is 145 g/mol. The molecule has 59 valence electrons. The van der Waals surface area contributed by atoms with Crippen molar-refractivity contribution in [1.82, 2.24) is 10.6 Å². The van der Waals surface area contributed by atoms with E-state index >= 15 is 0 Å². The first-order valence-corrected chi connectivity index (χ1v) is 3.84. The van der Waals surface area contributed by atoms with Crippen molar-refractivity contribution in [1.29, 1.82) is 0 Å². The van der Waals surface area contributed by atoms with Crippen LogP contribution in [0.5, 0.6) is 0 Å². The summed E-state index contributed by atoms with van der Waals surface area (Å²) < 4.78 is 12.5. The lowest BCUT2D eigenvalue weighted by molar-refractivity contribution is 0.286. The van der Waals surface area contributed by atoms with Crippen LogP contribution in [0.4, 0.5) is 4.39 Å². The minimum atomic E-state index is -0.606. The van der Waals surface area contributed by atoms with Gasteiger partial charge in [-0.3, -0.25) is 5.73 Å². The standard InChI is InChI=1S/C7H14FN2/c8-7-2-5-10(6-7)4-1-3-9/h7,9H,1-6H2/t7-/m0/s1. The van der Waals surface area contributed by atoms with Crippen molar-refractivity contribution in [3.05, 3.63) is 0 Å². The normalized spacial score (nSPS) is 27.6. The summed E-state index contributed by atoms with van der Waals surface area (Å²) in [7, 11) is 0. The summed E-state index contributed by atoms with van der Waals surface area (Å²) in [6.07, 6.45) is 0.968. The van der Waals surface area contributed by atoms with Crippen molar-refractivity contribution in [3.8, 4) is 0 Å². The maximum Gasteiger partial charge on any atom is 0.114 e. The maximum atomic E-state index is 12.5. The Morgan fingerprint density at radius 3 is 2.90 bits per heavy atom. The van der Waals surface area contributed by atoms with Gasteiger partial charge in [0.2, 0.25) is 0 Å². The highest BCUT2D eigenvalue weighted by molar-refractivity contribution is 4.74. The van der Waals surface area contributed by atoms with Crippen LogP contribution in [0.15, 0.2) is 0 Å². The van der Waals surface area contributed by atoms with E-state index in [1.54, 1.807) is 0 Å². The van der Waals surface area contributed by atoms with E-state index in [2.05, 4.69) is 4.90 Å². The molecule has 0 amide bonds. The summed E-state index contributed by atoms with van der Waals surface area (Å²) in [4.78, 5) is 2.10. The maximum absolute atomic E-state index is 12.5. The molecule has 1 N–H and O–H groups in total. The number of rotatable bonds is 3. The zero-order chi connectivity index (χ0) is 7.40. The van der Waals surface area contributed by atoms with Crippen molar-refractivity contribution >= 4 is 0 Å². The molecule has 1 radical (unpaired) electrons. The van der Waals surface area contributed by atoms with Gasteiger partial charge in [-0.15, -0.1) is 0 Å². The molecule has 2 nitrogen and oxygen atoms in total. The first kappa shape index (κ1) is 7.95. The summed E-state index contributed by atoms with van der Waals surface area (Å²) in [5, 5.41) is 0. The Labute approximate surface area is 61.2 Å². The molecule has 1 atom stereocenters. The topological polar surface area (TPSA) is 27.0 Å². The van der Waals surface area contributed by atoms with Gasteiger partial charge >= 0.3 is 0 Å². The van der Waals surface area contributed by atoms with Gasteiger partial charge in [-0.2, -0.15) is 0 Å². The largest absolute Gasteiger partial charge is 0.300 e. The Kier molecular flexibility index (Phi) is 3.09. The van der Waals surface area contributed by atoms with E-state index in [1.807, 2.05) is 0 Å². The van der Waals surface area contributed by atoms with Gasteiger partial charge in [0.15, 0.2) is 0 Å². The van der Waals surface area contributed by atoms with E-state index in [-0.39, 0.29) is 0 Å². The first-order chi connectivity index (χ1) is 4.83. The molecule has 0 aromatic rings. The number of alkyl halides is 1. The molecule has 0 aliphatic carbocycles. The molecule has 0 saturated carbocycles. The highest BCUT2D eigenvalue weighted by Gasteiger charge is 2.20. The van der Waals surface area contributed by atoms with Crippen LogP contribution in [0.25, 0.3) is 0 Å². The Bertz CT molecular complexity index is 97.6. The Hall–Kier alpha value is -0.150. The van der Waals surface area contributed by atoms with Crippen molar-refractivity contribution in [3.63, 3.8) is 0 Å². The fraction of sp³-hybridized carbons (Fsp3) is 1.00. The molecular formula is C7H14FN2. The average Bonchev–Trinajstić information content (AvgIpc) is 2.31. The smallest absolute Gasteiger partial charge is 0.114 e. The third-order valence-corrected chi connectivity index (χ3v) is 1.87. The van der Waals surface area contributed by atoms with Crippen molar-refractivity contribution in [2.75, 3.05) is 26.2 Å². The highest BCUT2D eigenvalue weighted by Crippen LogP contribution is 2.11. The third kappa shape index (κ3) is 2.23. The van der Waals surface area contributed by atoms with Gasteiger partial charge < -0.3 is 4.90 Å². The van der Waals surface area contributed by atoms with Gasteiger partial charge in [0.05, 0.1) is 0 Å². The van der Waals surface area contributed by atoms with E-state index in [0.29, 0.717) is 19.5 Å². The number of hydrogen-bond acceptors (Lipinski definition) is 1. The second-order valence-electron chi connectivity index (χ2n) is 2.79. The molecule has 1 aliphatic rings. The molecule has 0 aromatic carbocycles. The fourth-order valence-corrected chi connectivity index (χ4v) is 1.29. The van der Waals surface area contributed by atoms with E-state index < -0.39 is 6.17 Å². The molecule has 1 fully saturated rings. The lowest BCUT2D eigenvalue weighted by Crippen LogP contribution is -2.22. The van der Waals surface area contributed by atoms with E-state index in [0.717, 1.165) is 19.5 Å². The molecule has 0 aromatic heterocycles. The molecule has 1 rings (SSSR count). The number of likely N-dealkylation sites (tertiary alicyclic amines) is 1. The van der Waals surface area contributed by atoms with Crippen LogP contribution in [-0.2, 0) is 0 Å². The molecule has 0 spiro atoms. The molecule has 1 aliphatic heterocycles. The lowest BCUT2D eigenvalue weighted by atomic mass is 10.3. The zero-order valence-electron chi connectivity index (χ0n) is 6.15. The summed E-state index contributed by atoms with van der Waals surface area (Å²) in [6, 6.07) is 0. The minimum absolute atomic E-state index is 0.466. The monoisotopic (exact) mass is 145 g/mol. The second kappa shape index (κ2) is 3.88. The summed E-state index contributed by atoms with van der Waals surface area (Å²) in [5.41, 5.74) is 6.90. The highest BCUT2D eigenvalue weighted by atomic mass is 19.1. The van der Waals surface area contributed by atoms with E-state index in [1.165, 1.54) is 0 Å². The summed E-state index contributed by atoms with van der Waals surface area (Å²) >= 11 is 0. The summed E-state index contributed by atoms with van der Waals surface area (Å²) in [6.45, 7) is 2.86. The van der Waals surface area contributed by atoms with Crippen molar-refractivity contribution < 1.29 is 4.39 Å². The van der Waals surface area contributed by atoms with Gasteiger partial charge in [0.1, 0.15) is 6.17 Å². The van der Waals surface area contributed by atoms with Crippen LogP contribution < -0.4 is 5.73 Å². The predicted octanol–water partition coefficient (Wildman–Crippen LogP) is 0.703. The Morgan fingerprint density at radius 2 is 2.40 bits per heavy atom. The molecule has 0 unspecified atom stereocenters. The van der Waals surface area contributed by atoms with Gasteiger partial charge in [0.25, 0.3) is 0 Å². The van der Waals surface area contributed by atoms with Crippen LogP contribution in [-0.4, -0.2) is 37.3 Å². The molecule has 3 heteroatoms. The number of halogens is 1. The van der Waals surface area contributed by atoms with Crippen LogP contribution in [0.2, 0.25) is 0 Å². The van der Waals surface area contributed by atoms with Crippen LogP contribution in [0.3, 0.4) is 0 Å². The van der Waals surface area contributed by atoms with E-state index in [4.69, 9.17) is 5.73 Å². The van der Waals surface area contributed by atoms with Gasteiger partial charge in [0, 0.05) is 19.6 Å². The fourth-order valence-electron chi connectivity index (χ4n) is 1.29. The zero-order valence-corrected chi connectivity index (χ0v) is 6.15. The third-order valence-electron chi connectivity index (χ3n) is 1.87. The quantitative estimate of drug-likeness (QED) is 0.574. The molecule has 10 heavy (non-hydrogen) atoms. The molecular weight excluding hydrogens is 131 g/mol. The molecule has 1 saturated heterocycles. The van der Waals surface area contributed by atoms with Gasteiger partial charge in [-0.25, -0.2) is 4.39 Å².